The maximum Gasteiger partial charge on any atom is 0.157 e. The molecule has 1 heterocycles. The first-order valence-corrected chi connectivity index (χ1v) is 9.31. The second kappa shape index (κ2) is 5.74. The Bertz CT molecular complexity index is 1010. The Hall–Kier alpha value is -2.54. The van der Waals surface area contributed by atoms with Crippen molar-refractivity contribution in [2.75, 3.05) is 0 Å². The molecule has 4 rings (SSSR count). The number of fused-ring (bicyclic) bond motifs is 3. The third-order valence-electron chi connectivity index (χ3n) is 5.85. The van der Waals surface area contributed by atoms with Crippen molar-refractivity contribution in [3.05, 3.63) is 82.9 Å². The van der Waals surface area contributed by atoms with Gasteiger partial charge < -0.3 is 4.74 Å². The van der Waals surface area contributed by atoms with Crippen molar-refractivity contribution in [3.8, 4) is 5.75 Å². The van der Waals surface area contributed by atoms with Crippen LogP contribution in [0.25, 0.3) is 16.8 Å². The van der Waals surface area contributed by atoms with Gasteiger partial charge in [0, 0.05) is 16.4 Å². The number of hydrogen-bond donors (Lipinski definition) is 0. The summed E-state index contributed by atoms with van der Waals surface area (Å²) < 4.78 is 6.93. The monoisotopic (exact) mass is 342 g/mol. The van der Waals surface area contributed by atoms with Gasteiger partial charge in [0.25, 0.3) is 0 Å². The van der Waals surface area contributed by atoms with Crippen molar-refractivity contribution in [2.45, 2.75) is 40.2 Å². The highest BCUT2D eigenvalue weighted by Gasteiger charge is 2.46. The highest BCUT2D eigenvalue weighted by Crippen LogP contribution is 2.51. The van der Waals surface area contributed by atoms with Gasteiger partial charge in [-0.15, -0.1) is 0 Å². The maximum atomic E-state index is 6.93. The number of ether oxygens (including phenoxy) is 1. The van der Waals surface area contributed by atoms with Crippen LogP contribution in [0.2, 0.25) is 0 Å². The molecule has 0 N–H and O–H groups in total. The fraction of sp³-hybridized carbons (Fsp3) is 0.280. The second-order valence-corrected chi connectivity index (χ2v) is 8.33. The lowest BCUT2D eigenvalue weighted by Crippen LogP contribution is -2.45. The molecule has 0 spiro atoms. The van der Waals surface area contributed by atoms with E-state index in [0.29, 0.717) is 0 Å². The first-order valence-electron chi connectivity index (χ1n) is 9.31. The SMILES string of the molecule is Cc1c2c(c3ccccc3c1C)OC(c1ccccc1)(C(C)(C)C)C=C2. The molecule has 3 aromatic rings. The molecule has 132 valence electrons. The number of benzene rings is 3. The summed E-state index contributed by atoms with van der Waals surface area (Å²) in [4.78, 5) is 0. The fourth-order valence-electron chi connectivity index (χ4n) is 4.11. The minimum Gasteiger partial charge on any atom is -0.477 e. The van der Waals surface area contributed by atoms with Gasteiger partial charge in [0.2, 0.25) is 0 Å². The maximum absolute atomic E-state index is 6.93. The smallest absolute Gasteiger partial charge is 0.157 e. The molecule has 0 amide bonds. The molecule has 0 saturated heterocycles. The van der Waals surface area contributed by atoms with E-state index >= 15 is 0 Å². The van der Waals surface area contributed by atoms with E-state index in [4.69, 9.17) is 4.74 Å². The normalized spacial score (nSPS) is 19.3. The van der Waals surface area contributed by atoms with E-state index in [1.165, 1.54) is 33.0 Å². The molecule has 1 unspecified atom stereocenters. The van der Waals surface area contributed by atoms with E-state index in [1.54, 1.807) is 0 Å². The van der Waals surface area contributed by atoms with Crippen molar-refractivity contribution < 1.29 is 4.74 Å². The molecule has 0 radical (unpaired) electrons. The molecule has 1 aliphatic rings. The Labute approximate surface area is 156 Å². The summed E-state index contributed by atoms with van der Waals surface area (Å²) in [6.45, 7) is 11.1. The molecule has 3 aromatic carbocycles. The molecule has 0 bridgehead atoms. The molecule has 1 nitrogen and oxygen atoms in total. The van der Waals surface area contributed by atoms with Crippen LogP contribution in [0.15, 0.2) is 60.7 Å². The lowest BCUT2D eigenvalue weighted by atomic mass is 9.70. The molecule has 0 aliphatic carbocycles. The van der Waals surface area contributed by atoms with Gasteiger partial charge >= 0.3 is 0 Å². The van der Waals surface area contributed by atoms with Crippen molar-refractivity contribution >= 4 is 16.8 Å². The molecule has 1 heteroatoms. The van der Waals surface area contributed by atoms with Crippen LogP contribution >= 0.6 is 0 Å². The molecule has 0 saturated carbocycles. The Morgan fingerprint density at radius 3 is 2.04 bits per heavy atom. The third-order valence-corrected chi connectivity index (χ3v) is 5.85. The minimum absolute atomic E-state index is 0.0948. The molecule has 0 aromatic heterocycles. The van der Waals surface area contributed by atoms with E-state index < -0.39 is 5.60 Å². The molecular formula is C25H26O. The van der Waals surface area contributed by atoms with Crippen LogP contribution in [0.5, 0.6) is 5.75 Å². The lowest BCUT2D eigenvalue weighted by Gasteiger charge is -2.45. The Kier molecular flexibility index (Phi) is 3.73. The third kappa shape index (κ3) is 2.30. The predicted octanol–water partition coefficient (Wildman–Crippen LogP) is 6.80. The van der Waals surface area contributed by atoms with Gasteiger partial charge in [-0.05, 0) is 42.0 Å². The summed E-state index contributed by atoms with van der Waals surface area (Å²) in [5.74, 6) is 1.00. The summed E-state index contributed by atoms with van der Waals surface area (Å²) in [5, 5.41) is 2.47. The van der Waals surface area contributed by atoms with Gasteiger partial charge in [0.05, 0.1) is 0 Å². The van der Waals surface area contributed by atoms with E-state index in [1.807, 2.05) is 0 Å². The summed E-state index contributed by atoms with van der Waals surface area (Å²) >= 11 is 0. The Morgan fingerprint density at radius 1 is 0.769 bits per heavy atom. The summed E-state index contributed by atoms with van der Waals surface area (Å²) in [6.07, 6.45) is 4.53. The molecule has 0 fully saturated rings. The average Bonchev–Trinajstić information content (AvgIpc) is 2.65. The van der Waals surface area contributed by atoms with Crippen LogP contribution in [-0.4, -0.2) is 0 Å². The zero-order valence-corrected chi connectivity index (χ0v) is 16.3. The van der Waals surface area contributed by atoms with Gasteiger partial charge in [-0.25, -0.2) is 0 Å². The zero-order valence-electron chi connectivity index (χ0n) is 16.3. The van der Waals surface area contributed by atoms with Crippen molar-refractivity contribution in [3.63, 3.8) is 0 Å². The standard InChI is InChI=1S/C25H26O/c1-17-18(2)21-15-16-25(24(3,4)5,19-11-7-6-8-12-19)26-23(21)22-14-10-9-13-20(17)22/h6-16H,1-5H3. The van der Waals surface area contributed by atoms with Gasteiger partial charge in [-0.1, -0.05) is 81.4 Å². The zero-order chi connectivity index (χ0) is 18.5. The van der Waals surface area contributed by atoms with E-state index in [-0.39, 0.29) is 5.41 Å². The van der Waals surface area contributed by atoms with Crippen molar-refractivity contribution in [1.82, 2.24) is 0 Å². The van der Waals surface area contributed by atoms with E-state index in [0.717, 1.165) is 5.75 Å². The number of aryl methyl sites for hydroxylation is 1. The molecule has 1 aliphatic heterocycles. The van der Waals surface area contributed by atoms with Gasteiger partial charge in [0.15, 0.2) is 5.60 Å². The molecular weight excluding hydrogens is 316 g/mol. The fourth-order valence-corrected chi connectivity index (χ4v) is 4.11. The Morgan fingerprint density at radius 2 is 1.38 bits per heavy atom. The van der Waals surface area contributed by atoms with Crippen molar-refractivity contribution in [2.24, 2.45) is 5.41 Å². The Balaban J connectivity index is 2.03. The van der Waals surface area contributed by atoms with E-state index in [2.05, 4.69) is 101 Å². The minimum atomic E-state index is -0.494. The van der Waals surface area contributed by atoms with Crippen LogP contribution in [-0.2, 0) is 5.60 Å². The summed E-state index contributed by atoms with van der Waals surface area (Å²) in [6, 6.07) is 19.2. The summed E-state index contributed by atoms with van der Waals surface area (Å²) in [7, 11) is 0. The second-order valence-electron chi connectivity index (χ2n) is 8.33. The number of rotatable bonds is 1. The topological polar surface area (TPSA) is 9.23 Å². The van der Waals surface area contributed by atoms with Crippen LogP contribution in [0.3, 0.4) is 0 Å². The van der Waals surface area contributed by atoms with Crippen molar-refractivity contribution in [1.29, 1.82) is 0 Å². The van der Waals surface area contributed by atoms with Crippen LogP contribution in [0.1, 0.15) is 43.0 Å². The van der Waals surface area contributed by atoms with E-state index in [9.17, 15) is 0 Å². The first kappa shape index (κ1) is 16.9. The first-order chi connectivity index (χ1) is 12.3. The van der Waals surface area contributed by atoms with Gasteiger partial charge in [-0.2, -0.15) is 0 Å². The summed E-state index contributed by atoms with van der Waals surface area (Å²) in [5.41, 5.74) is 4.43. The molecule has 26 heavy (non-hydrogen) atoms. The van der Waals surface area contributed by atoms with Gasteiger partial charge in [0.1, 0.15) is 5.75 Å². The van der Waals surface area contributed by atoms with Crippen LogP contribution in [0.4, 0.5) is 0 Å². The van der Waals surface area contributed by atoms with Crippen LogP contribution < -0.4 is 4.74 Å². The largest absolute Gasteiger partial charge is 0.477 e. The predicted molar refractivity (Wildman–Crippen MR) is 111 cm³/mol. The quantitative estimate of drug-likeness (QED) is 0.472. The highest BCUT2D eigenvalue weighted by molar-refractivity contribution is 5.96. The van der Waals surface area contributed by atoms with Gasteiger partial charge in [-0.3, -0.25) is 0 Å². The molecule has 1 atom stereocenters. The number of hydrogen-bond acceptors (Lipinski definition) is 1. The lowest BCUT2D eigenvalue weighted by molar-refractivity contribution is 0.00629. The average molecular weight is 342 g/mol. The van der Waals surface area contributed by atoms with Crippen LogP contribution in [0, 0.1) is 19.3 Å². The highest BCUT2D eigenvalue weighted by atomic mass is 16.5.